The highest BCUT2D eigenvalue weighted by Crippen LogP contribution is 2.27. The summed E-state index contributed by atoms with van der Waals surface area (Å²) in [6.07, 6.45) is 0. The molecule has 2 aromatic carbocycles. The molecule has 0 saturated heterocycles. The molecule has 0 amide bonds. The number of hydrogen-bond acceptors (Lipinski definition) is 2. The number of anilines is 1. The summed E-state index contributed by atoms with van der Waals surface area (Å²) in [6.45, 7) is 0.469. The van der Waals surface area contributed by atoms with Gasteiger partial charge in [-0.05, 0) is 40.2 Å². The largest absolute Gasteiger partial charge is 0.369 e. The second-order valence-electron chi connectivity index (χ2n) is 4.23. The molecule has 0 aromatic heterocycles. The van der Waals surface area contributed by atoms with Gasteiger partial charge in [0.1, 0.15) is 5.82 Å². The molecule has 0 heterocycles. The zero-order valence-corrected chi connectivity index (χ0v) is 12.0. The first-order valence-corrected chi connectivity index (χ1v) is 6.55. The maximum atomic E-state index is 13.6. The van der Waals surface area contributed by atoms with Gasteiger partial charge in [-0.15, -0.1) is 0 Å². The summed E-state index contributed by atoms with van der Waals surface area (Å²) in [5.41, 5.74) is 2.15. The summed E-state index contributed by atoms with van der Waals surface area (Å²) in [6, 6.07) is 14.2. The maximum Gasteiger partial charge on any atom is 0.128 e. The molecule has 2 aromatic rings. The van der Waals surface area contributed by atoms with Crippen molar-refractivity contribution in [3.05, 3.63) is 63.9 Å². The van der Waals surface area contributed by atoms with Crippen LogP contribution in [0.5, 0.6) is 0 Å². The third-order valence-electron chi connectivity index (χ3n) is 2.85. The summed E-state index contributed by atoms with van der Waals surface area (Å²) < 4.78 is 14.4. The quantitative estimate of drug-likeness (QED) is 0.852. The minimum absolute atomic E-state index is 0.209. The molecule has 0 atom stereocenters. The van der Waals surface area contributed by atoms with Gasteiger partial charge in [0, 0.05) is 23.6 Å². The van der Waals surface area contributed by atoms with Gasteiger partial charge >= 0.3 is 0 Å². The first-order chi connectivity index (χ1) is 9.11. The van der Waals surface area contributed by atoms with Crippen LogP contribution >= 0.6 is 15.9 Å². The van der Waals surface area contributed by atoms with Crippen molar-refractivity contribution in [2.75, 3.05) is 11.9 Å². The molecule has 0 saturated carbocycles. The van der Waals surface area contributed by atoms with Crippen LogP contribution in [0.1, 0.15) is 11.1 Å². The smallest absolute Gasteiger partial charge is 0.128 e. The van der Waals surface area contributed by atoms with Gasteiger partial charge in [-0.3, -0.25) is 0 Å². The van der Waals surface area contributed by atoms with E-state index >= 15 is 0 Å². The van der Waals surface area contributed by atoms with Crippen LogP contribution in [0.2, 0.25) is 0 Å². The van der Waals surface area contributed by atoms with E-state index in [4.69, 9.17) is 5.26 Å². The summed E-state index contributed by atoms with van der Waals surface area (Å²) in [5, 5.41) is 8.83. The van der Waals surface area contributed by atoms with E-state index in [-0.39, 0.29) is 5.82 Å². The zero-order chi connectivity index (χ0) is 13.8. The molecule has 2 nitrogen and oxygen atoms in total. The molecule has 0 aliphatic rings. The lowest BCUT2D eigenvalue weighted by Gasteiger charge is -2.21. The maximum absolute atomic E-state index is 13.6. The first-order valence-electron chi connectivity index (χ1n) is 5.76. The van der Waals surface area contributed by atoms with Crippen molar-refractivity contribution < 1.29 is 4.39 Å². The van der Waals surface area contributed by atoms with E-state index in [0.29, 0.717) is 17.7 Å². The summed E-state index contributed by atoms with van der Waals surface area (Å²) in [4.78, 5) is 1.93. The van der Waals surface area contributed by atoms with E-state index < -0.39 is 0 Å². The molecule has 0 fully saturated rings. The fraction of sp³-hybridized carbons (Fsp3) is 0.133. The Bertz CT molecular complexity index is 634. The van der Waals surface area contributed by atoms with Crippen LogP contribution < -0.4 is 4.90 Å². The summed E-state index contributed by atoms with van der Waals surface area (Å²) in [5.74, 6) is -0.209. The first kappa shape index (κ1) is 13.6. The molecule has 96 valence electrons. The van der Waals surface area contributed by atoms with Gasteiger partial charge in [-0.2, -0.15) is 5.26 Å². The standard InChI is InChI=1S/C15H12BrFN2/c1-19(10-12-4-2-3-5-14(12)17)15-7-6-11(9-18)8-13(15)16/h2-8H,10H2,1H3. The Morgan fingerprint density at radius 2 is 2.00 bits per heavy atom. The molecule has 0 radical (unpaired) electrons. The molecule has 0 bridgehead atoms. The molecule has 0 aliphatic heterocycles. The molecule has 0 spiro atoms. The summed E-state index contributed by atoms with van der Waals surface area (Å²) >= 11 is 3.43. The number of rotatable bonds is 3. The monoisotopic (exact) mass is 318 g/mol. The Balaban J connectivity index is 2.24. The zero-order valence-electron chi connectivity index (χ0n) is 10.4. The average Bonchev–Trinajstić information content (AvgIpc) is 2.41. The van der Waals surface area contributed by atoms with Crippen LogP contribution in [0.3, 0.4) is 0 Å². The second-order valence-corrected chi connectivity index (χ2v) is 5.08. The highest BCUT2D eigenvalue weighted by molar-refractivity contribution is 9.10. The van der Waals surface area contributed by atoms with E-state index in [1.807, 2.05) is 24.1 Å². The van der Waals surface area contributed by atoms with E-state index in [9.17, 15) is 4.39 Å². The van der Waals surface area contributed by atoms with Gasteiger partial charge in [0.25, 0.3) is 0 Å². The van der Waals surface area contributed by atoms with Crippen LogP contribution in [0, 0.1) is 17.1 Å². The van der Waals surface area contributed by atoms with Crippen molar-refractivity contribution >= 4 is 21.6 Å². The second kappa shape index (κ2) is 5.85. The summed E-state index contributed by atoms with van der Waals surface area (Å²) in [7, 11) is 1.89. The minimum Gasteiger partial charge on any atom is -0.369 e. The highest BCUT2D eigenvalue weighted by Gasteiger charge is 2.09. The third kappa shape index (κ3) is 3.12. The number of benzene rings is 2. The van der Waals surface area contributed by atoms with Gasteiger partial charge in [0.05, 0.1) is 17.3 Å². The predicted octanol–water partition coefficient (Wildman–Crippen LogP) is 4.10. The minimum atomic E-state index is -0.209. The van der Waals surface area contributed by atoms with Crippen molar-refractivity contribution in [3.63, 3.8) is 0 Å². The Morgan fingerprint density at radius 3 is 2.63 bits per heavy atom. The fourth-order valence-corrected chi connectivity index (χ4v) is 2.53. The third-order valence-corrected chi connectivity index (χ3v) is 3.49. The SMILES string of the molecule is CN(Cc1ccccc1F)c1ccc(C#N)cc1Br. The van der Waals surface area contributed by atoms with Gasteiger partial charge < -0.3 is 4.90 Å². The molecule has 0 N–H and O–H groups in total. The van der Waals surface area contributed by atoms with E-state index in [1.54, 1.807) is 24.3 Å². The van der Waals surface area contributed by atoms with Gasteiger partial charge in [-0.25, -0.2) is 4.39 Å². The van der Waals surface area contributed by atoms with Crippen molar-refractivity contribution in [2.24, 2.45) is 0 Å². The van der Waals surface area contributed by atoms with E-state index in [2.05, 4.69) is 22.0 Å². The molecule has 2 rings (SSSR count). The number of nitriles is 1. The highest BCUT2D eigenvalue weighted by atomic mass is 79.9. The van der Waals surface area contributed by atoms with Crippen LogP contribution in [-0.4, -0.2) is 7.05 Å². The topological polar surface area (TPSA) is 27.0 Å². The fourth-order valence-electron chi connectivity index (χ4n) is 1.85. The lowest BCUT2D eigenvalue weighted by atomic mass is 10.1. The molecular weight excluding hydrogens is 307 g/mol. The van der Waals surface area contributed by atoms with E-state index in [1.165, 1.54) is 6.07 Å². The molecule has 19 heavy (non-hydrogen) atoms. The van der Waals surface area contributed by atoms with Crippen LogP contribution in [0.4, 0.5) is 10.1 Å². The Labute approximate surface area is 120 Å². The molecule has 0 unspecified atom stereocenters. The van der Waals surface area contributed by atoms with Gasteiger partial charge in [0.2, 0.25) is 0 Å². The van der Waals surface area contributed by atoms with Crippen molar-refractivity contribution in [1.29, 1.82) is 5.26 Å². The Hall–Kier alpha value is -1.86. The predicted molar refractivity (Wildman–Crippen MR) is 77.4 cm³/mol. The Kier molecular flexibility index (Phi) is 4.18. The Morgan fingerprint density at radius 1 is 1.26 bits per heavy atom. The number of halogens is 2. The van der Waals surface area contributed by atoms with Crippen LogP contribution in [0.15, 0.2) is 46.9 Å². The van der Waals surface area contributed by atoms with Gasteiger partial charge in [-0.1, -0.05) is 18.2 Å². The average molecular weight is 319 g/mol. The lowest BCUT2D eigenvalue weighted by Crippen LogP contribution is -2.17. The molecular formula is C15H12BrFN2. The lowest BCUT2D eigenvalue weighted by molar-refractivity contribution is 0.608. The van der Waals surface area contributed by atoms with Crippen molar-refractivity contribution in [2.45, 2.75) is 6.54 Å². The van der Waals surface area contributed by atoms with E-state index in [0.717, 1.165) is 10.2 Å². The molecule has 0 aliphatic carbocycles. The van der Waals surface area contributed by atoms with Crippen LogP contribution in [0.25, 0.3) is 0 Å². The van der Waals surface area contributed by atoms with Crippen LogP contribution in [-0.2, 0) is 6.54 Å². The normalized spacial score (nSPS) is 10.0. The number of hydrogen-bond donors (Lipinski definition) is 0. The number of nitrogens with zero attached hydrogens (tertiary/aromatic N) is 2. The van der Waals surface area contributed by atoms with Crippen molar-refractivity contribution in [1.82, 2.24) is 0 Å². The van der Waals surface area contributed by atoms with Crippen molar-refractivity contribution in [3.8, 4) is 6.07 Å². The van der Waals surface area contributed by atoms with Gasteiger partial charge in [0.15, 0.2) is 0 Å². The molecule has 4 heteroatoms.